The first-order valence-corrected chi connectivity index (χ1v) is 12.9. The molecule has 5 heteroatoms. The van der Waals surface area contributed by atoms with Gasteiger partial charge in [0.05, 0.1) is 19.1 Å². The molecule has 1 saturated carbocycles. The van der Waals surface area contributed by atoms with Gasteiger partial charge in [0.2, 0.25) is 0 Å². The number of carbonyl (C=O) groups excluding carboxylic acids is 2. The molecule has 0 bridgehead atoms. The van der Waals surface area contributed by atoms with Crippen molar-refractivity contribution in [2.45, 2.75) is 45.3 Å². The van der Waals surface area contributed by atoms with Crippen LogP contribution in [0.25, 0.3) is 0 Å². The van der Waals surface area contributed by atoms with Gasteiger partial charge in [-0.05, 0) is 60.1 Å². The van der Waals surface area contributed by atoms with E-state index >= 15 is 0 Å². The van der Waals surface area contributed by atoms with E-state index in [0.29, 0.717) is 38.9 Å². The van der Waals surface area contributed by atoms with Crippen LogP contribution >= 0.6 is 0 Å². The zero-order valence-corrected chi connectivity index (χ0v) is 21.3. The van der Waals surface area contributed by atoms with Gasteiger partial charge in [0.15, 0.2) is 5.78 Å². The van der Waals surface area contributed by atoms with Crippen molar-refractivity contribution in [2.24, 2.45) is 11.3 Å². The number of ether oxygens (including phenoxy) is 2. The summed E-state index contributed by atoms with van der Waals surface area (Å²) < 4.78 is 11.3. The molecule has 0 spiro atoms. The third-order valence-corrected chi connectivity index (χ3v) is 7.58. The molecular formula is C31H37NO4. The minimum atomic E-state index is -0.576. The first-order chi connectivity index (χ1) is 17.5. The lowest BCUT2D eigenvalue weighted by molar-refractivity contribution is -0.132. The summed E-state index contributed by atoms with van der Waals surface area (Å²) in [4.78, 5) is 28.3. The van der Waals surface area contributed by atoms with E-state index in [-0.39, 0.29) is 17.5 Å². The first kappa shape index (κ1) is 26.1. The fourth-order valence-electron chi connectivity index (χ4n) is 5.67. The van der Waals surface area contributed by atoms with Crippen molar-refractivity contribution in [3.05, 3.63) is 90.0 Å². The van der Waals surface area contributed by atoms with Crippen LogP contribution in [0.1, 0.15) is 43.2 Å². The highest BCUT2D eigenvalue weighted by Gasteiger charge is 2.49. The Labute approximate surface area is 214 Å². The molecule has 0 unspecified atom stereocenters. The number of carbonyl (C=O) groups is 2. The fraction of sp³-hybridized carbons (Fsp3) is 0.419. The third kappa shape index (κ3) is 6.21. The molecule has 2 aliphatic carbocycles. The van der Waals surface area contributed by atoms with Crippen molar-refractivity contribution < 1.29 is 19.1 Å². The zero-order valence-electron chi connectivity index (χ0n) is 21.3. The van der Waals surface area contributed by atoms with E-state index in [0.717, 1.165) is 42.9 Å². The summed E-state index contributed by atoms with van der Waals surface area (Å²) in [6.45, 7) is 7.29. The SMILES string of the molecule is C=CCN(Cc1ccc(OC)cc1)C[C@H]1CCC(=O)[C@@]2(CCOCc3ccccc3)CCC(=O)C=C12. The second-order valence-electron chi connectivity index (χ2n) is 9.93. The zero-order chi connectivity index (χ0) is 25.4. The lowest BCUT2D eigenvalue weighted by atomic mass is 9.58. The van der Waals surface area contributed by atoms with Gasteiger partial charge in [-0.1, -0.05) is 48.5 Å². The molecule has 2 atom stereocenters. The van der Waals surface area contributed by atoms with E-state index in [1.807, 2.05) is 48.5 Å². The molecule has 0 aromatic heterocycles. The quantitative estimate of drug-likeness (QED) is 0.290. The molecule has 2 aromatic rings. The van der Waals surface area contributed by atoms with Crippen molar-refractivity contribution in [2.75, 3.05) is 26.8 Å². The van der Waals surface area contributed by atoms with Crippen LogP contribution in [-0.2, 0) is 27.5 Å². The number of benzene rings is 2. The van der Waals surface area contributed by atoms with E-state index in [4.69, 9.17) is 9.47 Å². The smallest absolute Gasteiger partial charge is 0.155 e. The van der Waals surface area contributed by atoms with Crippen molar-refractivity contribution >= 4 is 11.6 Å². The third-order valence-electron chi connectivity index (χ3n) is 7.58. The van der Waals surface area contributed by atoms with Gasteiger partial charge in [0.1, 0.15) is 11.5 Å². The predicted octanol–water partition coefficient (Wildman–Crippen LogP) is 5.54. The maximum atomic E-state index is 13.4. The number of fused-ring (bicyclic) bond motifs is 1. The molecule has 2 aliphatic rings. The molecule has 4 rings (SSSR count). The molecule has 1 fully saturated rings. The summed E-state index contributed by atoms with van der Waals surface area (Å²) in [7, 11) is 1.67. The lowest BCUT2D eigenvalue weighted by Crippen LogP contribution is -2.46. The minimum Gasteiger partial charge on any atom is -0.497 e. The van der Waals surface area contributed by atoms with Crippen LogP contribution in [0, 0.1) is 11.3 Å². The highest BCUT2D eigenvalue weighted by Crippen LogP contribution is 2.50. The summed E-state index contributed by atoms with van der Waals surface area (Å²) in [5.41, 5.74) is 2.77. The largest absolute Gasteiger partial charge is 0.497 e. The second kappa shape index (κ2) is 12.3. The van der Waals surface area contributed by atoms with Gasteiger partial charge in [-0.2, -0.15) is 0 Å². The van der Waals surface area contributed by atoms with Gasteiger partial charge < -0.3 is 9.47 Å². The number of nitrogens with zero attached hydrogens (tertiary/aromatic N) is 1. The van der Waals surface area contributed by atoms with Crippen LogP contribution in [0.15, 0.2) is 78.9 Å². The number of hydrogen-bond donors (Lipinski definition) is 0. The standard InChI is InChI=1S/C31H37NO4/c1-3-18-32(21-24-9-12-28(35-2)13-10-24)22-26-11-14-30(34)31(16-15-27(33)20-29(26)31)17-19-36-23-25-7-5-4-6-8-25/h3-10,12-13,20,26H,1,11,14-19,21-23H2,2H3/t26-,31-/m1/s1. The Hall–Kier alpha value is -3.02. The van der Waals surface area contributed by atoms with Gasteiger partial charge in [-0.15, -0.1) is 6.58 Å². The Bertz CT molecular complexity index is 1080. The Balaban J connectivity index is 1.47. The van der Waals surface area contributed by atoms with Crippen LogP contribution in [0.5, 0.6) is 5.75 Å². The van der Waals surface area contributed by atoms with Crippen LogP contribution in [0.2, 0.25) is 0 Å². The van der Waals surface area contributed by atoms with Gasteiger partial charge in [0, 0.05) is 39.1 Å². The molecular weight excluding hydrogens is 450 g/mol. The molecule has 0 amide bonds. The Morgan fingerprint density at radius 3 is 2.56 bits per heavy atom. The monoisotopic (exact) mass is 487 g/mol. The number of hydrogen-bond acceptors (Lipinski definition) is 5. The van der Waals surface area contributed by atoms with Crippen LogP contribution in [-0.4, -0.2) is 43.3 Å². The molecule has 190 valence electrons. The van der Waals surface area contributed by atoms with E-state index in [1.54, 1.807) is 13.2 Å². The molecule has 0 radical (unpaired) electrons. The van der Waals surface area contributed by atoms with Gasteiger partial charge in [0.25, 0.3) is 0 Å². The van der Waals surface area contributed by atoms with E-state index < -0.39 is 5.41 Å². The van der Waals surface area contributed by atoms with Gasteiger partial charge in [-0.3, -0.25) is 14.5 Å². The Morgan fingerprint density at radius 1 is 1.06 bits per heavy atom. The molecule has 0 N–H and O–H groups in total. The highest BCUT2D eigenvalue weighted by atomic mass is 16.5. The Morgan fingerprint density at radius 2 is 1.83 bits per heavy atom. The molecule has 5 nitrogen and oxygen atoms in total. The van der Waals surface area contributed by atoms with Crippen LogP contribution in [0.3, 0.4) is 0 Å². The van der Waals surface area contributed by atoms with Crippen molar-refractivity contribution in [1.82, 2.24) is 4.90 Å². The highest BCUT2D eigenvalue weighted by molar-refractivity contribution is 5.98. The summed E-state index contributed by atoms with van der Waals surface area (Å²) >= 11 is 0. The number of ketones is 2. The predicted molar refractivity (Wildman–Crippen MR) is 142 cm³/mol. The summed E-state index contributed by atoms with van der Waals surface area (Å²) in [5.74, 6) is 1.41. The maximum absolute atomic E-state index is 13.4. The number of rotatable bonds is 12. The number of allylic oxidation sites excluding steroid dienone is 1. The Kier molecular flexibility index (Phi) is 8.89. The number of methoxy groups -OCH3 is 1. The summed E-state index contributed by atoms with van der Waals surface area (Å²) in [5, 5.41) is 0. The fourth-order valence-corrected chi connectivity index (χ4v) is 5.67. The normalized spacial score (nSPS) is 21.7. The second-order valence-corrected chi connectivity index (χ2v) is 9.93. The van der Waals surface area contributed by atoms with Crippen LogP contribution < -0.4 is 4.74 Å². The van der Waals surface area contributed by atoms with Crippen molar-refractivity contribution in [3.8, 4) is 5.75 Å². The minimum absolute atomic E-state index is 0.135. The molecule has 2 aromatic carbocycles. The molecule has 0 aliphatic heterocycles. The van der Waals surface area contributed by atoms with E-state index in [2.05, 4.69) is 23.6 Å². The summed E-state index contributed by atoms with van der Waals surface area (Å²) in [6, 6.07) is 18.2. The molecule has 36 heavy (non-hydrogen) atoms. The van der Waals surface area contributed by atoms with E-state index in [9.17, 15) is 9.59 Å². The van der Waals surface area contributed by atoms with Gasteiger partial charge >= 0.3 is 0 Å². The van der Waals surface area contributed by atoms with E-state index in [1.165, 1.54) is 5.56 Å². The lowest BCUT2D eigenvalue weighted by Gasteiger charge is -2.45. The first-order valence-electron chi connectivity index (χ1n) is 12.9. The average Bonchev–Trinajstić information content (AvgIpc) is 2.90. The summed E-state index contributed by atoms with van der Waals surface area (Å²) in [6.07, 6.45) is 6.71. The van der Waals surface area contributed by atoms with Crippen molar-refractivity contribution in [3.63, 3.8) is 0 Å². The average molecular weight is 488 g/mol. The molecule has 0 heterocycles. The maximum Gasteiger partial charge on any atom is 0.155 e. The molecule has 0 saturated heterocycles. The van der Waals surface area contributed by atoms with Crippen LogP contribution in [0.4, 0.5) is 0 Å². The van der Waals surface area contributed by atoms with Gasteiger partial charge in [-0.25, -0.2) is 0 Å². The topological polar surface area (TPSA) is 55.8 Å². The van der Waals surface area contributed by atoms with Crippen molar-refractivity contribution in [1.29, 1.82) is 0 Å². The number of Topliss-reactive ketones (excluding diaryl/α,β-unsaturated/α-hetero) is 1.